The van der Waals surface area contributed by atoms with E-state index in [4.69, 9.17) is 2.97 Å². The second-order valence-electron chi connectivity index (χ2n) is 6.49. The molecule has 0 saturated heterocycles. The third-order valence-corrected chi connectivity index (χ3v) is 7.55. The van der Waals surface area contributed by atoms with Crippen molar-refractivity contribution >= 4 is 63.9 Å². The van der Waals surface area contributed by atoms with Gasteiger partial charge in [-0.15, -0.1) is 0 Å². The maximum absolute atomic E-state index is 12.6. The molecule has 0 radical (unpaired) electrons. The summed E-state index contributed by atoms with van der Waals surface area (Å²) in [7, 11) is -3.62. The molecule has 0 aliphatic rings. The van der Waals surface area contributed by atoms with Gasteiger partial charge in [0.15, 0.2) is 5.65 Å². The van der Waals surface area contributed by atoms with Crippen LogP contribution < -0.4 is 0 Å². The zero-order valence-electron chi connectivity index (χ0n) is 17.8. The lowest BCUT2D eigenvalue weighted by atomic mass is 10.2. The van der Waals surface area contributed by atoms with Gasteiger partial charge in [-0.3, -0.25) is 0 Å². The molecule has 30 heavy (non-hydrogen) atoms. The Hall–Kier alpha value is -2.49. The van der Waals surface area contributed by atoms with Gasteiger partial charge in [-0.2, -0.15) is 0 Å². The molecule has 4 heterocycles. The predicted octanol–water partition coefficient (Wildman–Crippen LogP) is 6.16. The molecular weight excluding hydrogens is 532 g/mol. The summed E-state index contributed by atoms with van der Waals surface area (Å²) in [6.07, 6.45) is 6.75. The Morgan fingerprint density at radius 2 is 1.60 bits per heavy atom. The first-order valence-corrected chi connectivity index (χ1v) is 11.9. The first kappa shape index (κ1) is 19.5. The molecule has 0 fully saturated rings. The van der Waals surface area contributed by atoms with Gasteiger partial charge in [0, 0.05) is 48.9 Å². The number of benzene rings is 1. The molecule has 4 aromatic heterocycles. The highest BCUT2D eigenvalue weighted by Crippen LogP contribution is 2.26. The van der Waals surface area contributed by atoms with Gasteiger partial charge in [-0.25, -0.2) is 22.4 Å². The van der Waals surface area contributed by atoms with Crippen LogP contribution in [0.2, 0.25) is 0 Å². The van der Waals surface area contributed by atoms with E-state index in [9.17, 15) is 8.42 Å². The molecule has 156 valence electrons. The topological polar surface area (TPSA) is 80.6 Å². The highest BCUT2D eigenvalue weighted by molar-refractivity contribution is 9.11. The minimum atomic E-state index is -3.62. The number of H-pyrrole nitrogens is 1. The molecule has 0 saturated carbocycles. The van der Waals surface area contributed by atoms with Gasteiger partial charge < -0.3 is 4.98 Å². The van der Waals surface area contributed by atoms with Gasteiger partial charge >= 0.3 is 0 Å². The quantitative estimate of drug-likeness (QED) is 0.283. The van der Waals surface area contributed by atoms with E-state index in [1.165, 1.54) is 10.2 Å². The molecule has 0 spiro atoms. The minimum Gasteiger partial charge on any atom is -0.346 e. The van der Waals surface area contributed by atoms with Crippen LogP contribution in [0.3, 0.4) is 0 Å². The number of hydrogen-bond acceptors (Lipinski definition) is 4. The molecular formula is C21H20Br2N4O2S. The van der Waals surface area contributed by atoms with E-state index in [2.05, 4.69) is 46.8 Å². The Bertz CT molecular complexity index is 1460. The van der Waals surface area contributed by atoms with E-state index >= 15 is 0 Å². The van der Waals surface area contributed by atoms with Gasteiger partial charge in [0.05, 0.1) is 4.90 Å². The molecule has 5 aromatic rings. The standard InChI is InChI=1S/C14H11BrN2O2S.C7H5BrN2.2H2/c1-10-2-4-11(5-3-10)20(18,19)17-9-7-12-13(15)6-8-16-14(12)17;8-6-2-4-10-7-5(6)1-3-9-7;;/h2-9H,1H3;1-4H,(H,9,10);2*1H/i;;1+1D;1+1. The SMILES string of the molecule is Brc1ccnc2[nH]ccc12.Cc1ccc(S(=O)(=O)n2ccc3c(Br)ccnc32)cc1.[2HH].[2H][2H]. The fourth-order valence-corrected chi connectivity index (χ4v) is 5.09. The summed E-state index contributed by atoms with van der Waals surface area (Å²) in [6.45, 7) is 1.92. The first-order valence-electron chi connectivity index (χ1n) is 9.89. The number of aryl methyl sites for hydroxylation is 1. The Morgan fingerprint density at radius 3 is 2.30 bits per heavy atom. The number of aromatic nitrogens is 4. The van der Waals surface area contributed by atoms with Crippen LogP contribution in [-0.2, 0) is 10.0 Å². The molecule has 0 bridgehead atoms. The first-order chi connectivity index (χ1) is 15.4. The Kier molecular flexibility index (Phi) is 5.41. The van der Waals surface area contributed by atoms with E-state index in [1.807, 2.05) is 25.3 Å². The van der Waals surface area contributed by atoms with E-state index in [-0.39, 0.29) is 6.32 Å². The summed E-state index contributed by atoms with van der Waals surface area (Å²) in [4.78, 5) is 11.6. The number of pyridine rings is 2. The van der Waals surface area contributed by atoms with Crippen LogP contribution in [-0.4, -0.2) is 27.3 Å². The summed E-state index contributed by atoms with van der Waals surface area (Å²) < 4.78 is 38.4. The van der Waals surface area contributed by atoms with Crippen molar-refractivity contribution in [3.63, 3.8) is 0 Å². The molecule has 0 aliphatic heterocycles. The predicted molar refractivity (Wildman–Crippen MR) is 129 cm³/mol. The Morgan fingerprint density at radius 1 is 0.933 bits per heavy atom. The van der Waals surface area contributed by atoms with Crippen molar-refractivity contribution in [1.82, 2.24) is 18.9 Å². The molecule has 0 atom stereocenters. The summed E-state index contributed by atoms with van der Waals surface area (Å²) in [5, 5.41) is 1.89. The van der Waals surface area contributed by atoms with Crippen LogP contribution in [0, 0.1) is 6.92 Å². The molecule has 1 N–H and O–H groups in total. The molecule has 1 aromatic carbocycles. The van der Waals surface area contributed by atoms with E-state index in [0.717, 1.165) is 30.9 Å². The number of fused-ring (bicyclic) bond motifs is 2. The summed E-state index contributed by atoms with van der Waals surface area (Å²) >= 11 is 6.81. The highest BCUT2D eigenvalue weighted by atomic mass is 79.9. The van der Waals surface area contributed by atoms with Crippen molar-refractivity contribution in [2.75, 3.05) is 0 Å². The zero-order valence-corrected chi connectivity index (χ0v) is 19.7. The average Bonchev–Trinajstić information content (AvgIpc) is 3.45. The van der Waals surface area contributed by atoms with Crippen LogP contribution in [0.15, 0.2) is 87.2 Å². The fourth-order valence-electron chi connectivity index (χ4n) is 2.93. The summed E-state index contributed by atoms with van der Waals surface area (Å²) in [6, 6.07) is 14.2. The fraction of sp³-hybridized carbons (Fsp3) is 0.0476. The minimum absolute atomic E-state index is 0. The smallest absolute Gasteiger partial charge is 0.269 e. The van der Waals surface area contributed by atoms with Crippen LogP contribution in [0.5, 0.6) is 0 Å². The van der Waals surface area contributed by atoms with Gasteiger partial charge in [0.1, 0.15) is 5.65 Å². The van der Waals surface area contributed by atoms with Crippen LogP contribution >= 0.6 is 31.9 Å². The lowest BCUT2D eigenvalue weighted by Crippen LogP contribution is -2.12. The number of nitrogens with one attached hydrogen (secondary N) is 1. The summed E-state index contributed by atoms with van der Waals surface area (Å²) in [5.74, 6) is 0. The molecule has 9 heteroatoms. The maximum Gasteiger partial charge on any atom is 0.269 e. The van der Waals surface area contributed by atoms with Crippen molar-refractivity contribution in [3.8, 4) is 0 Å². The molecule has 0 amide bonds. The van der Waals surface area contributed by atoms with E-state index in [0.29, 0.717) is 5.65 Å². The Balaban J connectivity index is 0.000000250. The number of nitrogens with zero attached hydrogens (tertiary/aromatic N) is 3. The second-order valence-corrected chi connectivity index (χ2v) is 10.0. The van der Waals surface area contributed by atoms with Crippen molar-refractivity contribution in [1.29, 1.82) is 0 Å². The number of halogens is 2. The van der Waals surface area contributed by atoms with Crippen LogP contribution in [0.25, 0.3) is 22.1 Å². The third kappa shape index (κ3) is 3.92. The van der Waals surface area contributed by atoms with Crippen molar-refractivity contribution in [2.45, 2.75) is 11.8 Å². The number of rotatable bonds is 2. The normalized spacial score (nSPS) is 11.7. The van der Waals surface area contributed by atoms with Crippen LogP contribution in [0.4, 0.5) is 0 Å². The van der Waals surface area contributed by atoms with Gasteiger partial charge in [-0.05, 0) is 75.2 Å². The van der Waals surface area contributed by atoms with Gasteiger partial charge in [0.25, 0.3) is 10.0 Å². The number of aromatic amines is 1. The average molecular weight is 555 g/mol. The number of hydrogen-bond donors (Lipinski definition) is 1. The molecule has 0 unspecified atom stereocenters. The van der Waals surface area contributed by atoms with Crippen molar-refractivity contribution in [2.24, 2.45) is 0 Å². The van der Waals surface area contributed by atoms with E-state index in [1.54, 1.807) is 48.8 Å². The second kappa shape index (κ2) is 8.33. The monoisotopic (exact) mass is 553 g/mol. The van der Waals surface area contributed by atoms with Crippen molar-refractivity contribution in [3.05, 3.63) is 87.8 Å². The zero-order chi connectivity index (χ0) is 23.3. The van der Waals surface area contributed by atoms with Crippen LogP contribution in [0.1, 0.15) is 9.96 Å². The lowest BCUT2D eigenvalue weighted by molar-refractivity contribution is 0.588. The molecule has 6 nitrogen and oxygen atoms in total. The highest BCUT2D eigenvalue weighted by Gasteiger charge is 2.19. The third-order valence-electron chi connectivity index (χ3n) is 4.49. The maximum atomic E-state index is 12.6. The van der Waals surface area contributed by atoms with Gasteiger partial charge in [-0.1, -0.05) is 17.7 Å². The largest absolute Gasteiger partial charge is 0.346 e. The summed E-state index contributed by atoms with van der Waals surface area (Å²) in [5.41, 5.74) is 2.36. The molecule has 5 rings (SSSR count). The van der Waals surface area contributed by atoms with Crippen molar-refractivity contribution < 1.29 is 12.8 Å². The van der Waals surface area contributed by atoms with Gasteiger partial charge in [0.2, 0.25) is 0 Å². The Labute approximate surface area is 194 Å². The molecule has 0 aliphatic carbocycles. The lowest BCUT2D eigenvalue weighted by Gasteiger charge is -2.07. The van der Waals surface area contributed by atoms with E-state index < -0.39 is 10.0 Å².